The minimum absolute atomic E-state index is 0.0939. The Bertz CT molecular complexity index is 1350. The normalized spacial score (nSPS) is 14.6. The lowest BCUT2D eigenvalue weighted by atomic mass is 10.0. The molecule has 2 aromatic rings. The van der Waals surface area contributed by atoms with Gasteiger partial charge in [0, 0.05) is 31.1 Å². The minimum Gasteiger partial charge on any atom is -0.393 e. The summed E-state index contributed by atoms with van der Waals surface area (Å²) in [4.78, 5) is 33.1. The summed E-state index contributed by atoms with van der Waals surface area (Å²) < 4.78 is 55.5. The lowest BCUT2D eigenvalue weighted by Crippen LogP contribution is -2.39. The second-order valence-corrected chi connectivity index (χ2v) is 7.66. The van der Waals surface area contributed by atoms with E-state index in [4.69, 9.17) is 5.41 Å². The van der Waals surface area contributed by atoms with Crippen molar-refractivity contribution in [2.24, 2.45) is 4.99 Å². The summed E-state index contributed by atoms with van der Waals surface area (Å²) in [6.45, 7) is 1.25. The highest BCUT2D eigenvalue weighted by atomic mass is 19.2. The average Bonchev–Trinajstić information content (AvgIpc) is 2.84. The van der Waals surface area contributed by atoms with Crippen molar-refractivity contribution in [3.8, 4) is 0 Å². The van der Waals surface area contributed by atoms with Crippen molar-refractivity contribution in [3.05, 3.63) is 94.6 Å². The lowest BCUT2D eigenvalue weighted by molar-refractivity contribution is -0.108. The van der Waals surface area contributed by atoms with Gasteiger partial charge < -0.3 is 16.0 Å². The number of urea groups is 1. The third kappa shape index (κ3) is 6.66. The third-order valence-electron chi connectivity index (χ3n) is 4.88. The molecule has 3 rings (SSSR count). The monoisotopic (exact) mass is 515 g/mol. The van der Waals surface area contributed by atoms with E-state index in [1.54, 1.807) is 20.0 Å². The minimum atomic E-state index is -1.66. The molecule has 0 aliphatic heterocycles. The second kappa shape index (κ2) is 11.7. The summed E-state index contributed by atoms with van der Waals surface area (Å²) >= 11 is 0. The number of allylic oxidation sites excluding steroid dienone is 4. The first-order valence-electron chi connectivity index (χ1n) is 10.6. The molecule has 13 heteroatoms. The number of aromatic nitrogens is 1. The van der Waals surface area contributed by atoms with Crippen LogP contribution in [0.5, 0.6) is 0 Å². The van der Waals surface area contributed by atoms with Crippen LogP contribution in [0.2, 0.25) is 0 Å². The van der Waals surface area contributed by atoms with Crippen LogP contribution in [-0.2, 0) is 11.3 Å². The van der Waals surface area contributed by atoms with E-state index < -0.39 is 41.8 Å². The molecule has 37 heavy (non-hydrogen) atoms. The summed E-state index contributed by atoms with van der Waals surface area (Å²) in [5, 5.41) is 15.2. The van der Waals surface area contributed by atoms with Crippen molar-refractivity contribution >= 4 is 29.8 Å². The summed E-state index contributed by atoms with van der Waals surface area (Å²) in [7, 11) is 1.59. The van der Waals surface area contributed by atoms with E-state index >= 15 is 0 Å². The predicted molar refractivity (Wildman–Crippen MR) is 129 cm³/mol. The average molecular weight is 515 g/mol. The maximum atomic E-state index is 14.5. The van der Waals surface area contributed by atoms with Crippen LogP contribution in [0.4, 0.5) is 28.0 Å². The van der Waals surface area contributed by atoms with Crippen molar-refractivity contribution in [1.82, 2.24) is 20.9 Å². The Hall–Kier alpha value is -4.81. The number of carbonyl (C=O) groups is 2. The molecule has 1 heterocycles. The fourth-order valence-corrected chi connectivity index (χ4v) is 3.23. The molecule has 0 bridgehead atoms. The lowest BCUT2D eigenvalue weighted by Gasteiger charge is -2.22. The predicted octanol–water partition coefficient (Wildman–Crippen LogP) is 3.50. The van der Waals surface area contributed by atoms with Gasteiger partial charge in [-0.05, 0) is 42.3 Å². The van der Waals surface area contributed by atoms with Crippen LogP contribution in [-0.4, -0.2) is 36.1 Å². The van der Waals surface area contributed by atoms with Crippen molar-refractivity contribution in [1.29, 1.82) is 5.41 Å². The van der Waals surface area contributed by atoms with Crippen LogP contribution in [0.15, 0.2) is 71.0 Å². The number of benzene rings is 1. The zero-order valence-electron chi connectivity index (χ0n) is 19.6. The number of nitrogens with one attached hydrogen (secondary N) is 4. The molecule has 1 aliphatic rings. The SMILES string of the molecule is CN/C=C1/C=C(N/C(=N/C(=O)N(Cc2cc(F)c(F)c(F)c2)c2cncc(C)c2)NC=O)C(F)=CC1=N. The first kappa shape index (κ1) is 26.8. The van der Waals surface area contributed by atoms with Crippen LogP contribution in [0, 0.1) is 29.8 Å². The molecule has 0 fully saturated rings. The molecule has 3 amide bonds. The van der Waals surface area contributed by atoms with Gasteiger partial charge in [-0.2, -0.15) is 4.99 Å². The van der Waals surface area contributed by atoms with Gasteiger partial charge in [0.15, 0.2) is 17.5 Å². The first-order chi connectivity index (χ1) is 17.6. The molecule has 192 valence electrons. The number of nitrogens with zero attached hydrogens (tertiary/aromatic N) is 3. The van der Waals surface area contributed by atoms with Gasteiger partial charge in [-0.1, -0.05) is 0 Å². The van der Waals surface area contributed by atoms with Crippen LogP contribution < -0.4 is 20.9 Å². The summed E-state index contributed by atoms with van der Waals surface area (Å²) in [5.74, 6) is -5.88. The summed E-state index contributed by atoms with van der Waals surface area (Å²) in [6, 6.07) is 1.97. The van der Waals surface area contributed by atoms with Gasteiger partial charge >= 0.3 is 6.03 Å². The number of aliphatic imine (C=N–C) groups is 1. The van der Waals surface area contributed by atoms with Crippen LogP contribution in [0.25, 0.3) is 0 Å². The Kier molecular flexibility index (Phi) is 8.51. The van der Waals surface area contributed by atoms with Crippen molar-refractivity contribution in [2.45, 2.75) is 13.5 Å². The molecule has 0 spiro atoms. The zero-order chi connectivity index (χ0) is 27.1. The fourth-order valence-electron chi connectivity index (χ4n) is 3.23. The van der Waals surface area contributed by atoms with E-state index in [2.05, 4.69) is 25.9 Å². The number of aryl methyl sites for hydroxylation is 1. The van der Waals surface area contributed by atoms with Gasteiger partial charge in [0.05, 0.1) is 29.8 Å². The molecule has 4 N–H and O–H groups in total. The van der Waals surface area contributed by atoms with Gasteiger partial charge in [0.25, 0.3) is 0 Å². The number of anilines is 1. The molecule has 1 aliphatic carbocycles. The van der Waals surface area contributed by atoms with E-state index in [0.29, 0.717) is 11.1 Å². The largest absolute Gasteiger partial charge is 0.393 e. The number of pyridine rings is 1. The topological polar surface area (TPSA) is 123 Å². The molecule has 0 atom stereocenters. The molecular formula is C24H21F4N7O2. The Morgan fingerprint density at radius 3 is 2.46 bits per heavy atom. The van der Waals surface area contributed by atoms with E-state index in [0.717, 1.165) is 23.1 Å². The maximum Gasteiger partial charge on any atom is 0.351 e. The molecule has 0 unspecified atom stereocenters. The van der Waals surface area contributed by atoms with Crippen LogP contribution >= 0.6 is 0 Å². The van der Waals surface area contributed by atoms with Crippen molar-refractivity contribution in [3.63, 3.8) is 0 Å². The number of guanidine groups is 1. The standard InChI is InChI=1S/C24H21F4N7O2/c1-13-3-16(10-31-8-13)35(11-14-4-18(26)22(28)19(27)5-14)24(37)34-23(32-12-36)33-21-6-15(9-30-2)20(29)7-17(21)25/h3-10,12,29-30H,11H2,1-2H3,(H2,32,33,34,36,37)/b15-9-,29-20?. The zero-order valence-corrected chi connectivity index (χ0v) is 19.6. The highest BCUT2D eigenvalue weighted by molar-refractivity contribution is 6.10. The Balaban J connectivity index is 1.99. The highest BCUT2D eigenvalue weighted by Crippen LogP contribution is 2.22. The third-order valence-corrected chi connectivity index (χ3v) is 4.88. The maximum absolute atomic E-state index is 14.5. The smallest absolute Gasteiger partial charge is 0.351 e. The second-order valence-electron chi connectivity index (χ2n) is 7.66. The molecule has 0 saturated carbocycles. The molecule has 1 aromatic heterocycles. The number of hydrogen-bond donors (Lipinski definition) is 4. The quantitative estimate of drug-likeness (QED) is 0.154. The fraction of sp³-hybridized carbons (Fsp3) is 0.125. The number of amides is 3. The number of rotatable bonds is 6. The van der Waals surface area contributed by atoms with Crippen molar-refractivity contribution in [2.75, 3.05) is 11.9 Å². The Morgan fingerprint density at radius 1 is 1.14 bits per heavy atom. The number of halogens is 4. The first-order valence-corrected chi connectivity index (χ1v) is 10.6. The van der Waals surface area contributed by atoms with Crippen LogP contribution in [0.1, 0.15) is 11.1 Å². The van der Waals surface area contributed by atoms with E-state index in [9.17, 15) is 27.2 Å². The Labute approximate surface area is 208 Å². The van der Waals surface area contributed by atoms with Gasteiger partial charge in [-0.3, -0.25) is 20.0 Å². The molecule has 0 radical (unpaired) electrons. The molecular weight excluding hydrogens is 494 g/mol. The molecule has 1 aromatic carbocycles. The number of hydrogen-bond acceptors (Lipinski definition) is 5. The molecule has 0 saturated heterocycles. The summed E-state index contributed by atoms with van der Waals surface area (Å²) in [6.07, 6.45) is 6.62. The summed E-state index contributed by atoms with van der Waals surface area (Å²) in [5.41, 5.74) is 0.711. The van der Waals surface area contributed by atoms with E-state index in [-0.39, 0.29) is 29.1 Å². The van der Waals surface area contributed by atoms with Gasteiger partial charge in [-0.15, -0.1) is 0 Å². The highest BCUT2D eigenvalue weighted by Gasteiger charge is 2.22. The van der Waals surface area contributed by atoms with E-state index in [1.165, 1.54) is 24.7 Å². The van der Waals surface area contributed by atoms with Gasteiger partial charge in [-0.25, -0.2) is 22.4 Å². The van der Waals surface area contributed by atoms with Gasteiger partial charge in [0.1, 0.15) is 5.83 Å². The Morgan fingerprint density at radius 2 is 1.84 bits per heavy atom. The van der Waals surface area contributed by atoms with E-state index in [1.807, 2.05) is 0 Å². The van der Waals surface area contributed by atoms with Crippen LogP contribution in [0.3, 0.4) is 0 Å². The van der Waals surface area contributed by atoms with Gasteiger partial charge in [0.2, 0.25) is 12.4 Å². The van der Waals surface area contributed by atoms with Crippen molar-refractivity contribution < 1.29 is 27.2 Å². The molecule has 9 nitrogen and oxygen atoms in total. The number of carbonyl (C=O) groups excluding carboxylic acids is 2.